The number of carbonyl (C=O) groups excluding carboxylic acids is 2. The molecule has 4 rings (SSSR count). The van der Waals surface area contributed by atoms with Crippen LogP contribution < -0.4 is 10.2 Å². The van der Waals surface area contributed by atoms with Gasteiger partial charge in [0.15, 0.2) is 0 Å². The van der Waals surface area contributed by atoms with Crippen LogP contribution in [0, 0.1) is 33.6 Å². The van der Waals surface area contributed by atoms with Crippen molar-refractivity contribution in [2.45, 2.75) is 47.0 Å². The lowest BCUT2D eigenvalue weighted by atomic mass is 10.0. The number of benzene rings is 2. The fraction of sp³-hybridized carbons (Fsp3) is 0.375. The quantitative estimate of drug-likeness (QED) is 0.821. The van der Waals surface area contributed by atoms with Crippen molar-refractivity contribution in [3.8, 4) is 0 Å². The highest BCUT2D eigenvalue weighted by molar-refractivity contribution is 6.17. The van der Waals surface area contributed by atoms with E-state index in [0.717, 1.165) is 64.3 Å². The second-order valence-electron chi connectivity index (χ2n) is 8.21. The molecule has 2 aliphatic rings. The highest BCUT2D eigenvalue weighted by Crippen LogP contribution is 2.39. The number of hydrogen-bond donors (Lipinski definition) is 1. The normalized spacial score (nSPS) is 18.1. The zero-order chi connectivity index (χ0) is 20.7. The van der Waals surface area contributed by atoms with Crippen LogP contribution in [0.15, 0.2) is 35.3 Å². The minimum atomic E-state index is -0.212. The number of anilines is 2. The molecule has 2 aromatic rings. The van der Waals surface area contributed by atoms with Crippen LogP contribution in [0.1, 0.15) is 41.5 Å². The van der Waals surface area contributed by atoms with Crippen LogP contribution in [0.25, 0.3) is 0 Å². The number of fused-ring (bicyclic) bond motifs is 2. The van der Waals surface area contributed by atoms with Crippen molar-refractivity contribution in [3.05, 3.63) is 52.6 Å². The Balaban J connectivity index is 1.68. The van der Waals surface area contributed by atoms with Gasteiger partial charge in [0.1, 0.15) is 6.54 Å². The van der Waals surface area contributed by atoms with Gasteiger partial charge in [-0.2, -0.15) is 0 Å². The van der Waals surface area contributed by atoms with E-state index in [1.807, 2.05) is 58.0 Å². The highest BCUT2D eigenvalue weighted by Gasteiger charge is 2.37. The average molecular weight is 389 g/mol. The number of aliphatic imine (C=N–C) groups is 1. The van der Waals surface area contributed by atoms with Crippen molar-refractivity contribution >= 4 is 34.6 Å². The molecule has 1 N–H and O–H groups in total. The van der Waals surface area contributed by atoms with Crippen LogP contribution in [0.5, 0.6) is 0 Å². The molecule has 1 aliphatic carbocycles. The van der Waals surface area contributed by atoms with E-state index in [1.165, 1.54) is 0 Å². The van der Waals surface area contributed by atoms with Crippen LogP contribution in [0.2, 0.25) is 0 Å². The Labute approximate surface area is 171 Å². The molecule has 0 aromatic heterocycles. The van der Waals surface area contributed by atoms with Gasteiger partial charge in [-0.25, -0.2) is 0 Å². The summed E-state index contributed by atoms with van der Waals surface area (Å²) in [6.45, 7) is 8.00. The van der Waals surface area contributed by atoms with Crippen molar-refractivity contribution in [1.29, 1.82) is 0 Å². The van der Waals surface area contributed by atoms with Gasteiger partial charge in [0.2, 0.25) is 11.8 Å². The maximum atomic E-state index is 13.4. The zero-order valence-corrected chi connectivity index (χ0v) is 17.5. The molecular weight excluding hydrogens is 362 g/mol. The summed E-state index contributed by atoms with van der Waals surface area (Å²) >= 11 is 0. The van der Waals surface area contributed by atoms with E-state index in [1.54, 1.807) is 4.90 Å². The average Bonchev–Trinajstić information content (AvgIpc) is 3.10. The van der Waals surface area contributed by atoms with Gasteiger partial charge in [-0.3, -0.25) is 14.6 Å². The number of carbonyl (C=O) groups is 2. The molecule has 2 amide bonds. The van der Waals surface area contributed by atoms with Crippen LogP contribution in [0.4, 0.5) is 17.1 Å². The van der Waals surface area contributed by atoms with E-state index in [4.69, 9.17) is 4.99 Å². The van der Waals surface area contributed by atoms with Gasteiger partial charge in [0.05, 0.1) is 17.3 Å². The smallest absolute Gasteiger partial charge is 0.244 e. The van der Waals surface area contributed by atoms with Crippen LogP contribution in [-0.2, 0) is 9.59 Å². The standard InChI is InChI=1S/C24H27N3O2/c1-14-7-5-8-15(2)23(14)26-22(28)13-27-21-12-17(4)16(3)11-20(21)25-19-10-6-9-18(19)24(27)29/h5,7-8,11-12,18H,6,9-10,13H2,1-4H3,(H,26,28)/t18-/m0/s1. The highest BCUT2D eigenvalue weighted by atomic mass is 16.2. The molecular formula is C24H27N3O2. The maximum absolute atomic E-state index is 13.4. The van der Waals surface area contributed by atoms with Gasteiger partial charge in [-0.05, 0) is 81.3 Å². The largest absolute Gasteiger partial charge is 0.324 e. The third-order valence-corrected chi connectivity index (χ3v) is 6.09. The molecule has 0 unspecified atom stereocenters. The number of aryl methyl sites for hydroxylation is 4. The topological polar surface area (TPSA) is 61.8 Å². The first kappa shape index (κ1) is 19.4. The fourth-order valence-electron chi connectivity index (χ4n) is 4.28. The van der Waals surface area contributed by atoms with Gasteiger partial charge in [-0.15, -0.1) is 0 Å². The predicted molar refractivity (Wildman–Crippen MR) is 117 cm³/mol. The van der Waals surface area contributed by atoms with Crippen LogP contribution in [-0.4, -0.2) is 24.1 Å². The van der Waals surface area contributed by atoms with Gasteiger partial charge in [0.25, 0.3) is 0 Å². The molecule has 0 bridgehead atoms. The second-order valence-corrected chi connectivity index (χ2v) is 8.21. The number of nitrogens with zero attached hydrogens (tertiary/aromatic N) is 2. The summed E-state index contributed by atoms with van der Waals surface area (Å²) in [6.07, 6.45) is 2.63. The summed E-state index contributed by atoms with van der Waals surface area (Å²) in [5, 5.41) is 3.01. The number of hydrogen-bond acceptors (Lipinski definition) is 3. The van der Waals surface area contributed by atoms with E-state index in [2.05, 4.69) is 5.32 Å². The number of nitrogens with one attached hydrogen (secondary N) is 1. The Hall–Kier alpha value is -2.95. The van der Waals surface area contributed by atoms with Gasteiger partial charge >= 0.3 is 0 Å². The van der Waals surface area contributed by atoms with Crippen molar-refractivity contribution < 1.29 is 9.59 Å². The molecule has 1 atom stereocenters. The molecule has 0 radical (unpaired) electrons. The van der Waals surface area contributed by atoms with E-state index >= 15 is 0 Å². The van der Waals surface area contributed by atoms with Gasteiger partial charge in [0, 0.05) is 11.4 Å². The Kier molecular flexibility index (Phi) is 4.99. The molecule has 0 spiro atoms. The molecule has 1 heterocycles. The number of para-hydroxylation sites is 1. The molecule has 2 aromatic carbocycles. The summed E-state index contributed by atoms with van der Waals surface area (Å²) in [5.41, 5.74) is 7.54. The van der Waals surface area contributed by atoms with Crippen LogP contribution in [0.3, 0.4) is 0 Å². The minimum absolute atomic E-state index is 0.0125. The van der Waals surface area contributed by atoms with Crippen molar-refractivity contribution in [2.24, 2.45) is 10.9 Å². The Morgan fingerprint density at radius 1 is 1.10 bits per heavy atom. The molecule has 1 saturated carbocycles. The third kappa shape index (κ3) is 3.57. The number of rotatable bonds is 3. The van der Waals surface area contributed by atoms with Crippen molar-refractivity contribution in [2.75, 3.05) is 16.8 Å². The molecule has 5 heteroatoms. The first-order valence-electron chi connectivity index (χ1n) is 10.2. The van der Waals surface area contributed by atoms with E-state index in [0.29, 0.717) is 0 Å². The minimum Gasteiger partial charge on any atom is -0.324 e. The van der Waals surface area contributed by atoms with Gasteiger partial charge in [-0.1, -0.05) is 18.2 Å². The second kappa shape index (κ2) is 7.47. The van der Waals surface area contributed by atoms with Crippen molar-refractivity contribution in [1.82, 2.24) is 0 Å². The Morgan fingerprint density at radius 3 is 2.52 bits per heavy atom. The Bertz CT molecular complexity index is 1020. The molecule has 29 heavy (non-hydrogen) atoms. The van der Waals surface area contributed by atoms with Gasteiger partial charge < -0.3 is 10.2 Å². The summed E-state index contributed by atoms with van der Waals surface area (Å²) in [6, 6.07) is 9.93. The zero-order valence-electron chi connectivity index (χ0n) is 17.5. The maximum Gasteiger partial charge on any atom is 0.244 e. The summed E-state index contributed by atoms with van der Waals surface area (Å²) in [4.78, 5) is 32.8. The van der Waals surface area contributed by atoms with E-state index in [-0.39, 0.29) is 24.3 Å². The molecule has 1 fully saturated rings. The lowest BCUT2D eigenvalue weighted by molar-refractivity contribution is -0.122. The van der Waals surface area contributed by atoms with E-state index < -0.39 is 0 Å². The lowest BCUT2D eigenvalue weighted by Gasteiger charge is -2.25. The first-order valence-corrected chi connectivity index (χ1v) is 10.2. The fourth-order valence-corrected chi connectivity index (χ4v) is 4.28. The molecule has 5 nitrogen and oxygen atoms in total. The Morgan fingerprint density at radius 2 is 1.79 bits per heavy atom. The van der Waals surface area contributed by atoms with Crippen LogP contribution >= 0.6 is 0 Å². The summed E-state index contributed by atoms with van der Waals surface area (Å²) in [5.74, 6) is -0.419. The third-order valence-electron chi connectivity index (χ3n) is 6.09. The monoisotopic (exact) mass is 389 g/mol. The first-order chi connectivity index (χ1) is 13.8. The summed E-state index contributed by atoms with van der Waals surface area (Å²) in [7, 11) is 0. The SMILES string of the molecule is Cc1cc2c(cc1C)N(CC(=O)Nc1c(C)cccc1C)C(=O)[C@H]1CCCC1=N2. The van der Waals surface area contributed by atoms with E-state index in [9.17, 15) is 9.59 Å². The lowest BCUT2D eigenvalue weighted by Crippen LogP contribution is -2.42. The summed E-state index contributed by atoms with van der Waals surface area (Å²) < 4.78 is 0. The molecule has 1 aliphatic heterocycles. The predicted octanol–water partition coefficient (Wildman–Crippen LogP) is 4.78. The van der Waals surface area contributed by atoms with Crippen molar-refractivity contribution in [3.63, 3.8) is 0 Å². The number of amides is 2. The molecule has 150 valence electrons. The molecule has 0 saturated heterocycles.